The van der Waals surface area contributed by atoms with E-state index >= 15 is 0 Å². The Morgan fingerprint density at radius 3 is 2.58 bits per heavy atom. The van der Waals surface area contributed by atoms with E-state index in [1.807, 2.05) is 0 Å². The van der Waals surface area contributed by atoms with Crippen LogP contribution >= 0.6 is 0 Å². The Kier molecular flexibility index (Phi) is 4.81. The molecule has 1 aliphatic carbocycles. The van der Waals surface area contributed by atoms with E-state index in [0.29, 0.717) is 12.0 Å². The van der Waals surface area contributed by atoms with E-state index in [1.54, 1.807) is 0 Å². The molecule has 2 rings (SSSR count). The maximum atomic E-state index is 5.83. The van der Waals surface area contributed by atoms with E-state index in [1.165, 1.54) is 18.4 Å². The summed E-state index contributed by atoms with van der Waals surface area (Å²) < 4.78 is 5.83. The topological polar surface area (TPSA) is 34.1 Å². The molecule has 0 spiro atoms. The van der Waals surface area contributed by atoms with Gasteiger partial charge in [0.05, 0.1) is 6.61 Å². The van der Waals surface area contributed by atoms with Crippen LogP contribution in [-0.4, -0.2) is 17.6 Å². The summed E-state index contributed by atoms with van der Waals surface area (Å²) in [7, 11) is 0. The highest BCUT2D eigenvalue weighted by Gasteiger charge is 2.22. The monoisotopic (exact) mass is 262 g/mol. The van der Waals surface area contributed by atoms with E-state index < -0.39 is 0 Å². The van der Waals surface area contributed by atoms with Crippen molar-refractivity contribution in [1.29, 1.82) is 0 Å². The van der Waals surface area contributed by atoms with Gasteiger partial charge < -0.3 is 10.1 Å². The van der Waals surface area contributed by atoms with Gasteiger partial charge in [-0.05, 0) is 36.3 Å². The van der Waals surface area contributed by atoms with Crippen molar-refractivity contribution in [2.45, 2.75) is 59.0 Å². The summed E-state index contributed by atoms with van der Waals surface area (Å²) in [4.78, 5) is 4.61. The van der Waals surface area contributed by atoms with E-state index in [-0.39, 0.29) is 0 Å². The number of aromatic nitrogens is 1. The Hall–Kier alpha value is -1.09. The lowest BCUT2D eigenvalue weighted by Crippen LogP contribution is -2.22. The highest BCUT2D eigenvalue weighted by Crippen LogP contribution is 2.29. The molecular weight excluding hydrogens is 236 g/mol. The van der Waals surface area contributed by atoms with Gasteiger partial charge in [-0.2, -0.15) is 0 Å². The molecule has 1 aromatic heterocycles. The highest BCUT2D eigenvalue weighted by atomic mass is 16.5. The van der Waals surface area contributed by atoms with Crippen LogP contribution < -0.4 is 10.1 Å². The first-order valence-corrected chi connectivity index (χ1v) is 7.41. The van der Waals surface area contributed by atoms with E-state index in [2.05, 4.69) is 50.1 Å². The van der Waals surface area contributed by atoms with Gasteiger partial charge in [-0.3, -0.25) is 0 Å². The van der Waals surface area contributed by atoms with Crippen molar-refractivity contribution >= 4 is 0 Å². The summed E-state index contributed by atoms with van der Waals surface area (Å²) in [5.74, 6) is 1.99. The van der Waals surface area contributed by atoms with Crippen molar-refractivity contribution in [1.82, 2.24) is 10.3 Å². The fraction of sp³-hybridized carbons (Fsp3) is 0.688. The summed E-state index contributed by atoms with van der Waals surface area (Å²) in [6.45, 7) is 10.4. The Balaban J connectivity index is 2.06. The Morgan fingerprint density at radius 2 is 2.00 bits per heavy atom. The SMILES string of the molecule is CC(C)NCc1cc(OCC2CC2)nc(C(C)C)c1. The number of pyridine rings is 1. The summed E-state index contributed by atoms with van der Waals surface area (Å²) in [5, 5.41) is 3.45. The lowest BCUT2D eigenvalue weighted by atomic mass is 10.1. The minimum atomic E-state index is 0.433. The quantitative estimate of drug-likeness (QED) is 0.816. The molecule has 1 aromatic rings. The molecule has 1 fully saturated rings. The van der Waals surface area contributed by atoms with Crippen LogP contribution in [0.25, 0.3) is 0 Å². The first kappa shape index (κ1) is 14.3. The number of ether oxygens (including phenoxy) is 1. The standard InChI is InChI=1S/C16H26N2O/c1-11(2)15-7-14(9-17-12(3)4)8-16(18-15)19-10-13-5-6-13/h7-8,11-13,17H,5-6,9-10H2,1-4H3. The normalized spacial score (nSPS) is 15.3. The number of hydrogen-bond donors (Lipinski definition) is 1. The maximum Gasteiger partial charge on any atom is 0.213 e. The second-order valence-electron chi connectivity index (χ2n) is 6.18. The molecular formula is C16H26N2O. The number of hydrogen-bond acceptors (Lipinski definition) is 3. The molecule has 0 saturated heterocycles. The number of nitrogens with zero attached hydrogens (tertiary/aromatic N) is 1. The molecule has 19 heavy (non-hydrogen) atoms. The van der Waals surface area contributed by atoms with Crippen LogP contribution in [0.4, 0.5) is 0 Å². The van der Waals surface area contributed by atoms with Crippen molar-refractivity contribution in [2.75, 3.05) is 6.61 Å². The van der Waals surface area contributed by atoms with Crippen LogP contribution in [-0.2, 0) is 6.54 Å². The van der Waals surface area contributed by atoms with Gasteiger partial charge in [-0.1, -0.05) is 27.7 Å². The van der Waals surface area contributed by atoms with Crippen molar-refractivity contribution in [3.8, 4) is 5.88 Å². The van der Waals surface area contributed by atoms with Gasteiger partial charge in [0.1, 0.15) is 0 Å². The lowest BCUT2D eigenvalue weighted by Gasteiger charge is -2.13. The lowest BCUT2D eigenvalue weighted by molar-refractivity contribution is 0.287. The summed E-state index contributed by atoms with van der Waals surface area (Å²) >= 11 is 0. The molecule has 1 saturated carbocycles. The molecule has 0 amide bonds. The third kappa shape index (κ3) is 4.83. The van der Waals surface area contributed by atoms with E-state index in [0.717, 1.165) is 30.6 Å². The predicted octanol–water partition coefficient (Wildman–Crippen LogP) is 3.49. The molecule has 0 atom stereocenters. The van der Waals surface area contributed by atoms with E-state index in [9.17, 15) is 0 Å². The third-order valence-electron chi connectivity index (χ3n) is 3.35. The second-order valence-corrected chi connectivity index (χ2v) is 6.18. The zero-order chi connectivity index (χ0) is 13.8. The van der Waals surface area contributed by atoms with Gasteiger partial charge in [0.15, 0.2) is 0 Å². The molecule has 0 unspecified atom stereocenters. The zero-order valence-corrected chi connectivity index (χ0v) is 12.6. The smallest absolute Gasteiger partial charge is 0.213 e. The molecule has 106 valence electrons. The molecule has 1 heterocycles. The summed E-state index contributed by atoms with van der Waals surface area (Å²) in [6.07, 6.45) is 2.62. The molecule has 0 aliphatic heterocycles. The van der Waals surface area contributed by atoms with E-state index in [4.69, 9.17) is 4.74 Å². The maximum absolute atomic E-state index is 5.83. The van der Waals surface area contributed by atoms with Gasteiger partial charge in [-0.15, -0.1) is 0 Å². The predicted molar refractivity (Wildman–Crippen MR) is 78.5 cm³/mol. The molecule has 0 bridgehead atoms. The Morgan fingerprint density at radius 1 is 1.26 bits per heavy atom. The van der Waals surface area contributed by atoms with Crippen LogP contribution in [0.3, 0.4) is 0 Å². The van der Waals surface area contributed by atoms with Crippen molar-refractivity contribution in [3.63, 3.8) is 0 Å². The van der Waals surface area contributed by atoms with Gasteiger partial charge in [0.25, 0.3) is 0 Å². The fourth-order valence-corrected chi connectivity index (χ4v) is 1.86. The summed E-state index contributed by atoms with van der Waals surface area (Å²) in [6, 6.07) is 4.75. The minimum absolute atomic E-state index is 0.433. The first-order chi connectivity index (χ1) is 9.04. The molecule has 3 nitrogen and oxygen atoms in total. The number of nitrogens with one attached hydrogen (secondary N) is 1. The van der Waals surface area contributed by atoms with Crippen LogP contribution in [0.1, 0.15) is 57.7 Å². The van der Waals surface area contributed by atoms with Gasteiger partial charge in [0, 0.05) is 24.3 Å². The molecule has 3 heteroatoms. The second kappa shape index (κ2) is 6.38. The average molecular weight is 262 g/mol. The highest BCUT2D eigenvalue weighted by molar-refractivity contribution is 5.26. The molecule has 0 aromatic carbocycles. The number of rotatable bonds is 7. The van der Waals surface area contributed by atoms with Crippen LogP contribution in [0.2, 0.25) is 0 Å². The van der Waals surface area contributed by atoms with Gasteiger partial charge in [0.2, 0.25) is 5.88 Å². The molecule has 1 N–H and O–H groups in total. The van der Waals surface area contributed by atoms with Crippen LogP contribution in [0.15, 0.2) is 12.1 Å². The third-order valence-corrected chi connectivity index (χ3v) is 3.35. The summed E-state index contributed by atoms with van der Waals surface area (Å²) in [5.41, 5.74) is 2.38. The molecule has 0 radical (unpaired) electrons. The fourth-order valence-electron chi connectivity index (χ4n) is 1.86. The van der Waals surface area contributed by atoms with Crippen molar-refractivity contribution < 1.29 is 4.74 Å². The largest absolute Gasteiger partial charge is 0.477 e. The molecule has 1 aliphatic rings. The Labute approximate surface area is 116 Å². The van der Waals surface area contributed by atoms with Crippen LogP contribution in [0, 0.1) is 5.92 Å². The zero-order valence-electron chi connectivity index (χ0n) is 12.6. The van der Waals surface area contributed by atoms with Crippen molar-refractivity contribution in [2.24, 2.45) is 5.92 Å². The van der Waals surface area contributed by atoms with Crippen LogP contribution in [0.5, 0.6) is 5.88 Å². The first-order valence-electron chi connectivity index (χ1n) is 7.41. The van der Waals surface area contributed by atoms with Gasteiger partial charge in [-0.25, -0.2) is 4.98 Å². The van der Waals surface area contributed by atoms with Crippen molar-refractivity contribution in [3.05, 3.63) is 23.4 Å². The van der Waals surface area contributed by atoms with Gasteiger partial charge >= 0.3 is 0 Å². The minimum Gasteiger partial charge on any atom is -0.477 e. The average Bonchev–Trinajstić information content (AvgIpc) is 3.17. The Bertz CT molecular complexity index is 387.